The van der Waals surface area contributed by atoms with Gasteiger partial charge in [-0.2, -0.15) is 5.26 Å². The number of hydrogen-bond acceptors (Lipinski definition) is 3. The molecule has 0 spiro atoms. The third-order valence-corrected chi connectivity index (χ3v) is 3.91. The molecule has 0 saturated heterocycles. The van der Waals surface area contributed by atoms with Gasteiger partial charge in [0.1, 0.15) is 6.07 Å². The average molecular weight is 329 g/mol. The lowest BCUT2D eigenvalue weighted by atomic mass is 10.2. The van der Waals surface area contributed by atoms with Crippen molar-refractivity contribution in [3.63, 3.8) is 0 Å². The van der Waals surface area contributed by atoms with E-state index in [4.69, 9.17) is 5.26 Å². The minimum atomic E-state index is -1.12. The Kier molecular flexibility index (Phi) is 3.94. The van der Waals surface area contributed by atoms with E-state index in [1.54, 1.807) is 6.07 Å². The van der Waals surface area contributed by atoms with E-state index in [0.29, 0.717) is 6.54 Å². The molecule has 92 valence electrons. The highest BCUT2D eigenvalue weighted by Crippen LogP contribution is 2.24. The van der Waals surface area contributed by atoms with Crippen molar-refractivity contribution in [3.8, 4) is 6.07 Å². The number of halogens is 3. The van der Waals surface area contributed by atoms with E-state index in [-0.39, 0.29) is 11.3 Å². The highest BCUT2D eigenvalue weighted by molar-refractivity contribution is 9.11. The van der Waals surface area contributed by atoms with Gasteiger partial charge in [0.2, 0.25) is 0 Å². The van der Waals surface area contributed by atoms with Crippen molar-refractivity contribution >= 4 is 33.0 Å². The number of anilines is 1. The molecule has 0 aliphatic heterocycles. The molecule has 2 rings (SSSR count). The summed E-state index contributed by atoms with van der Waals surface area (Å²) in [6.07, 6.45) is 0. The van der Waals surface area contributed by atoms with Crippen LogP contribution >= 0.6 is 27.3 Å². The fourth-order valence-corrected chi connectivity index (χ4v) is 2.82. The Morgan fingerprint density at radius 1 is 1.22 bits per heavy atom. The van der Waals surface area contributed by atoms with Crippen LogP contribution in [0.25, 0.3) is 0 Å². The van der Waals surface area contributed by atoms with Crippen molar-refractivity contribution in [2.24, 2.45) is 0 Å². The summed E-state index contributed by atoms with van der Waals surface area (Å²) in [6.45, 7) is 0.401. The molecule has 2 nitrogen and oxygen atoms in total. The van der Waals surface area contributed by atoms with Crippen molar-refractivity contribution in [2.75, 3.05) is 5.32 Å². The van der Waals surface area contributed by atoms with Crippen LogP contribution in [-0.4, -0.2) is 0 Å². The van der Waals surface area contributed by atoms with E-state index in [9.17, 15) is 8.78 Å². The highest BCUT2D eigenvalue weighted by Gasteiger charge is 2.12. The summed E-state index contributed by atoms with van der Waals surface area (Å²) in [5.41, 5.74) is -0.243. The van der Waals surface area contributed by atoms with Gasteiger partial charge in [-0.15, -0.1) is 11.3 Å². The zero-order valence-electron chi connectivity index (χ0n) is 9.01. The highest BCUT2D eigenvalue weighted by atomic mass is 79.9. The zero-order valence-corrected chi connectivity index (χ0v) is 11.4. The number of rotatable bonds is 3. The molecular formula is C12H7BrF2N2S. The summed E-state index contributed by atoms with van der Waals surface area (Å²) in [6, 6.07) is 7.98. The van der Waals surface area contributed by atoms with Gasteiger partial charge >= 0.3 is 0 Å². The van der Waals surface area contributed by atoms with Gasteiger partial charge in [-0.3, -0.25) is 0 Å². The molecule has 2 aromatic rings. The maximum absolute atomic E-state index is 13.6. The van der Waals surface area contributed by atoms with Gasteiger partial charge in [-0.05, 0) is 40.2 Å². The van der Waals surface area contributed by atoms with E-state index in [0.717, 1.165) is 8.66 Å². The van der Waals surface area contributed by atoms with Crippen LogP contribution in [0.2, 0.25) is 0 Å². The van der Waals surface area contributed by atoms with Crippen LogP contribution in [0.3, 0.4) is 0 Å². The second kappa shape index (κ2) is 5.46. The van der Waals surface area contributed by atoms with Crippen molar-refractivity contribution < 1.29 is 8.78 Å². The number of nitriles is 1. The third kappa shape index (κ3) is 2.68. The Bertz CT molecular complexity index is 619. The zero-order chi connectivity index (χ0) is 13.1. The summed E-state index contributed by atoms with van der Waals surface area (Å²) in [7, 11) is 0. The summed E-state index contributed by atoms with van der Waals surface area (Å²) >= 11 is 4.83. The minimum absolute atomic E-state index is 0.0519. The summed E-state index contributed by atoms with van der Waals surface area (Å²) in [5, 5.41) is 11.4. The third-order valence-electron chi connectivity index (χ3n) is 2.28. The van der Waals surface area contributed by atoms with Crippen LogP contribution in [0.15, 0.2) is 28.1 Å². The first-order valence-corrected chi connectivity index (χ1v) is 6.59. The molecule has 0 atom stereocenters. The summed E-state index contributed by atoms with van der Waals surface area (Å²) in [4.78, 5) is 0.992. The largest absolute Gasteiger partial charge is 0.378 e. The van der Waals surface area contributed by atoms with Crippen molar-refractivity contribution in [2.45, 2.75) is 6.54 Å². The van der Waals surface area contributed by atoms with Crippen LogP contribution in [0.5, 0.6) is 0 Å². The van der Waals surface area contributed by atoms with Gasteiger partial charge in [0, 0.05) is 11.4 Å². The number of hydrogen-bond donors (Lipinski definition) is 1. The Balaban J connectivity index is 2.15. The van der Waals surface area contributed by atoms with Gasteiger partial charge in [-0.25, -0.2) is 8.78 Å². The lowest BCUT2D eigenvalue weighted by molar-refractivity contribution is 0.508. The Morgan fingerprint density at radius 2 is 2.00 bits per heavy atom. The standard InChI is InChI=1S/C12H7BrF2N2S/c13-10-4-2-8(18-10)6-17-9-3-1-7(5-16)11(14)12(9)15/h1-4,17H,6H2. The molecule has 0 amide bonds. The first kappa shape index (κ1) is 13.0. The quantitative estimate of drug-likeness (QED) is 0.913. The number of nitrogens with one attached hydrogen (secondary N) is 1. The van der Waals surface area contributed by atoms with Crippen LogP contribution in [0, 0.1) is 23.0 Å². The first-order valence-electron chi connectivity index (χ1n) is 4.98. The molecule has 1 aromatic carbocycles. The number of thiophene rings is 1. The maximum atomic E-state index is 13.6. The monoisotopic (exact) mass is 328 g/mol. The second-order valence-electron chi connectivity index (χ2n) is 3.46. The van der Waals surface area contributed by atoms with Crippen LogP contribution in [0.1, 0.15) is 10.4 Å². The van der Waals surface area contributed by atoms with E-state index < -0.39 is 11.6 Å². The van der Waals surface area contributed by atoms with E-state index in [2.05, 4.69) is 21.2 Å². The summed E-state index contributed by atoms with van der Waals surface area (Å²) in [5.74, 6) is -2.14. The predicted molar refractivity (Wildman–Crippen MR) is 70.4 cm³/mol. The lowest BCUT2D eigenvalue weighted by Crippen LogP contribution is -2.02. The predicted octanol–water partition coefficient (Wildman–Crippen LogP) is 4.27. The van der Waals surface area contributed by atoms with Gasteiger partial charge in [0.15, 0.2) is 11.6 Å². The molecule has 0 saturated carbocycles. The molecule has 0 aliphatic carbocycles. The van der Waals surface area contributed by atoms with Crippen molar-refractivity contribution in [3.05, 3.63) is 50.1 Å². The van der Waals surface area contributed by atoms with Gasteiger partial charge in [0.05, 0.1) is 15.0 Å². The van der Waals surface area contributed by atoms with E-state index >= 15 is 0 Å². The Labute approximate surface area is 115 Å². The van der Waals surface area contributed by atoms with E-state index in [1.807, 2.05) is 12.1 Å². The molecule has 1 heterocycles. The SMILES string of the molecule is N#Cc1ccc(NCc2ccc(Br)s2)c(F)c1F. The smallest absolute Gasteiger partial charge is 0.183 e. The molecule has 0 fully saturated rings. The molecule has 1 N–H and O–H groups in total. The normalized spacial score (nSPS) is 10.1. The van der Waals surface area contributed by atoms with Crippen molar-refractivity contribution in [1.82, 2.24) is 0 Å². The molecule has 0 bridgehead atoms. The molecule has 18 heavy (non-hydrogen) atoms. The Hall–Kier alpha value is -1.45. The molecule has 0 unspecified atom stereocenters. The second-order valence-corrected chi connectivity index (χ2v) is 6.01. The minimum Gasteiger partial charge on any atom is -0.378 e. The fourth-order valence-electron chi connectivity index (χ4n) is 1.40. The fraction of sp³-hybridized carbons (Fsp3) is 0.0833. The van der Waals surface area contributed by atoms with Crippen LogP contribution in [0.4, 0.5) is 14.5 Å². The maximum Gasteiger partial charge on any atom is 0.183 e. The van der Waals surface area contributed by atoms with Crippen LogP contribution in [-0.2, 0) is 6.54 Å². The van der Waals surface area contributed by atoms with Gasteiger partial charge < -0.3 is 5.32 Å². The lowest BCUT2D eigenvalue weighted by Gasteiger charge is -2.07. The molecule has 1 aromatic heterocycles. The van der Waals surface area contributed by atoms with Crippen molar-refractivity contribution in [1.29, 1.82) is 5.26 Å². The molecule has 0 aliphatic rings. The number of nitrogens with zero attached hydrogens (tertiary/aromatic N) is 1. The topological polar surface area (TPSA) is 35.8 Å². The Morgan fingerprint density at radius 3 is 2.61 bits per heavy atom. The van der Waals surface area contributed by atoms with Gasteiger partial charge in [0.25, 0.3) is 0 Å². The first-order chi connectivity index (χ1) is 8.61. The number of benzene rings is 1. The van der Waals surface area contributed by atoms with Crippen LogP contribution < -0.4 is 5.32 Å². The van der Waals surface area contributed by atoms with E-state index in [1.165, 1.54) is 23.5 Å². The summed E-state index contributed by atoms with van der Waals surface area (Å²) < 4.78 is 27.9. The van der Waals surface area contributed by atoms with Gasteiger partial charge in [-0.1, -0.05) is 0 Å². The molecular weight excluding hydrogens is 322 g/mol. The molecule has 0 radical (unpaired) electrons. The molecule has 6 heteroatoms. The average Bonchev–Trinajstić information content (AvgIpc) is 2.77.